The fraction of sp³-hybridized carbons (Fsp3) is 0.538. The number of rotatable bonds is 7. The minimum atomic E-state index is -0.207. The van der Waals surface area contributed by atoms with Crippen LogP contribution in [-0.4, -0.2) is 33.4 Å². The van der Waals surface area contributed by atoms with Crippen molar-refractivity contribution in [3.05, 3.63) is 29.6 Å². The van der Waals surface area contributed by atoms with E-state index in [1.807, 2.05) is 13.0 Å². The standard InChI is InChI=1S/C13H21FN2O/c1-3-16(6-7-17-2)13-9-11(4-5-15)8-12(14)10-13/h8-10H,3-7,15H2,1-2H3. The predicted molar refractivity (Wildman–Crippen MR) is 68.9 cm³/mol. The molecule has 1 aromatic carbocycles. The third kappa shape index (κ3) is 4.32. The summed E-state index contributed by atoms with van der Waals surface area (Å²) in [6, 6.07) is 5.09. The summed E-state index contributed by atoms with van der Waals surface area (Å²) in [7, 11) is 1.67. The van der Waals surface area contributed by atoms with Crippen molar-refractivity contribution in [1.82, 2.24) is 0 Å². The van der Waals surface area contributed by atoms with Gasteiger partial charge in [-0.25, -0.2) is 4.39 Å². The zero-order valence-corrected chi connectivity index (χ0v) is 10.6. The quantitative estimate of drug-likeness (QED) is 0.790. The first-order valence-corrected chi connectivity index (χ1v) is 5.94. The maximum absolute atomic E-state index is 13.5. The second kappa shape index (κ2) is 7.25. The van der Waals surface area contributed by atoms with Gasteiger partial charge in [-0.15, -0.1) is 0 Å². The minimum absolute atomic E-state index is 0.207. The fourth-order valence-corrected chi connectivity index (χ4v) is 1.80. The number of anilines is 1. The number of halogens is 1. The van der Waals surface area contributed by atoms with Crippen molar-refractivity contribution in [2.24, 2.45) is 5.73 Å². The van der Waals surface area contributed by atoms with Crippen LogP contribution in [-0.2, 0) is 11.2 Å². The lowest BCUT2D eigenvalue weighted by atomic mass is 10.1. The zero-order chi connectivity index (χ0) is 12.7. The van der Waals surface area contributed by atoms with Gasteiger partial charge in [-0.3, -0.25) is 0 Å². The maximum atomic E-state index is 13.5. The zero-order valence-electron chi connectivity index (χ0n) is 10.6. The molecule has 0 spiro atoms. The van der Waals surface area contributed by atoms with Crippen molar-refractivity contribution in [3.63, 3.8) is 0 Å². The number of benzene rings is 1. The largest absolute Gasteiger partial charge is 0.383 e. The van der Waals surface area contributed by atoms with Crippen LogP contribution >= 0.6 is 0 Å². The fourth-order valence-electron chi connectivity index (χ4n) is 1.80. The Hall–Kier alpha value is -1.13. The van der Waals surface area contributed by atoms with Crippen molar-refractivity contribution >= 4 is 5.69 Å². The van der Waals surface area contributed by atoms with Gasteiger partial charge >= 0.3 is 0 Å². The van der Waals surface area contributed by atoms with Crippen molar-refractivity contribution in [1.29, 1.82) is 0 Å². The smallest absolute Gasteiger partial charge is 0.125 e. The van der Waals surface area contributed by atoms with Gasteiger partial charge in [-0.2, -0.15) is 0 Å². The topological polar surface area (TPSA) is 38.5 Å². The molecule has 0 atom stereocenters. The molecule has 96 valence electrons. The molecule has 0 saturated carbocycles. The maximum Gasteiger partial charge on any atom is 0.125 e. The molecule has 2 N–H and O–H groups in total. The van der Waals surface area contributed by atoms with E-state index < -0.39 is 0 Å². The van der Waals surface area contributed by atoms with Crippen molar-refractivity contribution in [3.8, 4) is 0 Å². The van der Waals surface area contributed by atoms with E-state index in [4.69, 9.17) is 10.5 Å². The van der Waals surface area contributed by atoms with Crippen LogP contribution in [0.5, 0.6) is 0 Å². The summed E-state index contributed by atoms with van der Waals surface area (Å²) in [5, 5.41) is 0. The number of ether oxygens (including phenoxy) is 1. The van der Waals surface area contributed by atoms with E-state index in [0.717, 1.165) is 24.3 Å². The number of hydrogen-bond donors (Lipinski definition) is 1. The molecule has 0 radical (unpaired) electrons. The Kier molecular flexibility index (Phi) is 5.94. The van der Waals surface area contributed by atoms with Gasteiger partial charge in [0.25, 0.3) is 0 Å². The summed E-state index contributed by atoms with van der Waals surface area (Å²) in [5.74, 6) is -0.207. The molecule has 0 aromatic heterocycles. The number of hydrogen-bond acceptors (Lipinski definition) is 3. The molecule has 17 heavy (non-hydrogen) atoms. The summed E-state index contributed by atoms with van der Waals surface area (Å²) < 4.78 is 18.5. The number of nitrogens with two attached hydrogens (primary N) is 1. The first-order chi connectivity index (χ1) is 8.21. The van der Waals surface area contributed by atoms with Crippen LogP contribution in [0.25, 0.3) is 0 Å². The van der Waals surface area contributed by atoms with Gasteiger partial charge in [0.05, 0.1) is 6.61 Å². The molecule has 0 bridgehead atoms. The highest BCUT2D eigenvalue weighted by molar-refractivity contribution is 5.49. The Bertz CT molecular complexity index is 344. The monoisotopic (exact) mass is 240 g/mol. The SMILES string of the molecule is CCN(CCOC)c1cc(F)cc(CCN)c1. The lowest BCUT2D eigenvalue weighted by molar-refractivity contribution is 0.205. The minimum Gasteiger partial charge on any atom is -0.383 e. The van der Waals surface area contributed by atoms with Gasteiger partial charge in [0.15, 0.2) is 0 Å². The molecule has 0 aliphatic carbocycles. The van der Waals surface area contributed by atoms with Gasteiger partial charge in [-0.1, -0.05) is 0 Å². The van der Waals surface area contributed by atoms with Crippen molar-refractivity contribution < 1.29 is 9.13 Å². The van der Waals surface area contributed by atoms with E-state index in [0.29, 0.717) is 19.6 Å². The Morgan fingerprint density at radius 2 is 2.12 bits per heavy atom. The molecule has 4 heteroatoms. The van der Waals surface area contributed by atoms with Crippen LogP contribution in [0.4, 0.5) is 10.1 Å². The summed E-state index contributed by atoms with van der Waals surface area (Å²) in [4.78, 5) is 2.09. The summed E-state index contributed by atoms with van der Waals surface area (Å²) >= 11 is 0. The van der Waals surface area contributed by atoms with E-state index in [1.165, 1.54) is 0 Å². The summed E-state index contributed by atoms with van der Waals surface area (Å²) in [5.41, 5.74) is 7.33. The Balaban J connectivity index is 2.85. The van der Waals surface area contributed by atoms with Gasteiger partial charge in [0.2, 0.25) is 0 Å². The molecule has 0 aliphatic rings. The molecule has 0 saturated heterocycles. The number of likely N-dealkylation sites (N-methyl/N-ethyl adjacent to an activating group) is 1. The van der Waals surface area contributed by atoms with Gasteiger partial charge < -0.3 is 15.4 Å². The molecule has 0 fully saturated rings. The Morgan fingerprint density at radius 1 is 1.35 bits per heavy atom. The average molecular weight is 240 g/mol. The van der Waals surface area contributed by atoms with Crippen molar-refractivity contribution in [2.75, 3.05) is 38.3 Å². The highest BCUT2D eigenvalue weighted by Gasteiger charge is 2.07. The second-order valence-corrected chi connectivity index (χ2v) is 3.93. The molecule has 3 nitrogen and oxygen atoms in total. The van der Waals surface area contributed by atoms with Crippen LogP contribution < -0.4 is 10.6 Å². The van der Waals surface area contributed by atoms with Crippen molar-refractivity contribution in [2.45, 2.75) is 13.3 Å². The van der Waals surface area contributed by atoms with E-state index >= 15 is 0 Å². The lowest BCUT2D eigenvalue weighted by Gasteiger charge is -2.23. The normalized spacial score (nSPS) is 10.6. The molecule has 0 amide bonds. The van der Waals surface area contributed by atoms with Gasteiger partial charge in [0, 0.05) is 25.9 Å². The first kappa shape index (κ1) is 13.9. The van der Waals surface area contributed by atoms with Crippen LogP contribution in [0, 0.1) is 5.82 Å². The Morgan fingerprint density at radius 3 is 2.71 bits per heavy atom. The highest BCUT2D eigenvalue weighted by Crippen LogP contribution is 2.18. The molecular weight excluding hydrogens is 219 g/mol. The van der Waals surface area contributed by atoms with Crippen LogP contribution in [0.1, 0.15) is 12.5 Å². The molecule has 1 aromatic rings. The third-order valence-electron chi connectivity index (χ3n) is 2.69. The molecule has 1 rings (SSSR count). The number of methoxy groups -OCH3 is 1. The van der Waals surface area contributed by atoms with Crippen LogP contribution in [0.15, 0.2) is 18.2 Å². The predicted octanol–water partition coefficient (Wildman–Crippen LogP) is 1.80. The van der Waals surface area contributed by atoms with Gasteiger partial charge in [0.1, 0.15) is 5.82 Å². The van der Waals surface area contributed by atoms with Crippen LogP contribution in [0.2, 0.25) is 0 Å². The number of nitrogens with zero attached hydrogens (tertiary/aromatic N) is 1. The van der Waals surface area contributed by atoms with E-state index in [-0.39, 0.29) is 5.82 Å². The lowest BCUT2D eigenvalue weighted by Crippen LogP contribution is -2.27. The molecule has 0 unspecified atom stereocenters. The van der Waals surface area contributed by atoms with E-state index in [1.54, 1.807) is 19.2 Å². The average Bonchev–Trinajstić information content (AvgIpc) is 2.30. The highest BCUT2D eigenvalue weighted by atomic mass is 19.1. The van der Waals surface area contributed by atoms with Gasteiger partial charge in [-0.05, 0) is 43.7 Å². The second-order valence-electron chi connectivity index (χ2n) is 3.93. The Labute approximate surface area is 102 Å². The van der Waals surface area contributed by atoms with Crippen LogP contribution in [0.3, 0.4) is 0 Å². The van der Waals surface area contributed by atoms with E-state index in [9.17, 15) is 4.39 Å². The molecule has 0 heterocycles. The summed E-state index contributed by atoms with van der Waals surface area (Å²) in [6.07, 6.45) is 0.701. The first-order valence-electron chi connectivity index (χ1n) is 5.94. The summed E-state index contributed by atoms with van der Waals surface area (Å²) in [6.45, 7) is 4.81. The van der Waals surface area contributed by atoms with E-state index in [2.05, 4.69) is 4.90 Å². The molecule has 0 aliphatic heterocycles. The molecular formula is C13H21FN2O. The third-order valence-corrected chi connectivity index (χ3v) is 2.69.